The molecule has 0 aliphatic rings. The van der Waals surface area contributed by atoms with Gasteiger partial charge in [-0.25, -0.2) is 4.79 Å². The molecule has 0 saturated carbocycles. The zero-order valence-electron chi connectivity index (χ0n) is 12.5. The monoisotopic (exact) mass is 276 g/mol. The third-order valence-corrected chi connectivity index (χ3v) is 3.03. The summed E-state index contributed by atoms with van der Waals surface area (Å²) in [5, 5.41) is 10.0. The molecule has 108 valence electrons. The van der Waals surface area contributed by atoms with Crippen molar-refractivity contribution in [3.8, 4) is 0 Å². The first-order chi connectivity index (χ1) is 9.16. The summed E-state index contributed by atoms with van der Waals surface area (Å²) in [7, 11) is 1.12. The molecule has 1 rings (SSSR count). The van der Waals surface area contributed by atoms with E-state index >= 15 is 0 Å². The molecule has 0 amide bonds. The number of benzene rings is 1. The van der Waals surface area contributed by atoms with E-state index in [-0.39, 0.29) is 11.2 Å². The summed E-state index contributed by atoms with van der Waals surface area (Å²) in [5.74, 6) is -2.12. The summed E-state index contributed by atoms with van der Waals surface area (Å²) in [6, 6.07) is 5.68. The first-order valence-corrected chi connectivity index (χ1v) is 6.31. The average molecular weight is 276 g/mol. The number of carbonyl (C=O) groups is 2. The molecule has 4 heteroatoms. The predicted octanol–water partition coefficient (Wildman–Crippen LogP) is 2.93. The van der Waals surface area contributed by atoms with Crippen molar-refractivity contribution < 1.29 is 19.4 Å². The van der Waals surface area contributed by atoms with E-state index in [0.717, 1.165) is 24.3 Å². The van der Waals surface area contributed by atoms with Crippen LogP contribution in [0.1, 0.15) is 37.5 Å². The molecule has 20 heavy (non-hydrogen) atoms. The van der Waals surface area contributed by atoms with E-state index in [1.807, 2.05) is 25.1 Å². The molecule has 4 nitrogen and oxygen atoms in total. The van der Waals surface area contributed by atoms with Crippen LogP contribution >= 0.6 is 0 Å². The second-order valence-electron chi connectivity index (χ2n) is 5.67. The molecule has 0 spiro atoms. The molecule has 1 N–H and O–H groups in total. The number of esters is 1. The van der Waals surface area contributed by atoms with Crippen molar-refractivity contribution in [2.45, 2.75) is 33.1 Å². The highest BCUT2D eigenvalue weighted by Gasteiger charge is 2.17. The topological polar surface area (TPSA) is 63.6 Å². The Hall–Kier alpha value is -2.10. The Labute approximate surface area is 119 Å². The second-order valence-corrected chi connectivity index (χ2v) is 5.67. The minimum absolute atomic E-state index is 0.0743. The van der Waals surface area contributed by atoms with Crippen LogP contribution in [0.25, 0.3) is 5.76 Å². The van der Waals surface area contributed by atoms with Gasteiger partial charge in [0, 0.05) is 11.6 Å². The highest BCUT2D eigenvalue weighted by molar-refractivity contribution is 6.39. The van der Waals surface area contributed by atoms with Gasteiger partial charge < -0.3 is 9.84 Å². The summed E-state index contributed by atoms with van der Waals surface area (Å²) < 4.78 is 4.31. The lowest BCUT2D eigenvalue weighted by Gasteiger charge is -2.20. The van der Waals surface area contributed by atoms with Gasteiger partial charge in [0.2, 0.25) is 0 Å². The molecule has 0 bridgehead atoms. The maximum Gasteiger partial charge on any atom is 0.378 e. The minimum atomic E-state index is -0.999. The lowest BCUT2D eigenvalue weighted by atomic mass is 9.85. The maximum absolute atomic E-state index is 11.4. The number of hydrogen-bond donors (Lipinski definition) is 1. The fourth-order valence-corrected chi connectivity index (χ4v) is 1.73. The van der Waals surface area contributed by atoms with Crippen LogP contribution in [0.3, 0.4) is 0 Å². The van der Waals surface area contributed by atoms with Crippen molar-refractivity contribution >= 4 is 17.5 Å². The summed E-state index contributed by atoms with van der Waals surface area (Å²) in [6.45, 7) is 8.00. The van der Waals surface area contributed by atoms with Crippen molar-refractivity contribution in [3.05, 3.63) is 41.0 Å². The molecule has 0 aliphatic carbocycles. The highest BCUT2D eigenvalue weighted by Crippen LogP contribution is 2.27. The molecule has 1 aromatic carbocycles. The van der Waals surface area contributed by atoms with E-state index in [9.17, 15) is 14.7 Å². The summed E-state index contributed by atoms with van der Waals surface area (Å²) in [5.41, 5.74) is 2.32. The lowest BCUT2D eigenvalue weighted by Crippen LogP contribution is -2.14. The molecular weight excluding hydrogens is 256 g/mol. The number of methoxy groups -OCH3 is 1. The Balaban J connectivity index is 3.22. The van der Waals surface area contributed by atoms with E-state index in [2.05, 4.69) is 25.5 Å². The third kappa shape index (κ3) is 3.70. The second kappa shape index (κ2) is 5.90. The van der Waals surface area contributed by atoms with Gasteiger partial charge in [-0.1, -0.05) is 32.9 Å². The standard InChI is InChI=1S/C16H20O4/c1-10-6-7-11(16(2,3)4)8-12(10)13(17)9-14(18)15(19)20-5/h6-9,17H,1-5H3/b13-9-. The van der Waals surface area contributed by atoms with Gasteiger partial charge in [-0.15, -0.1) is 0 Å². The van der Waals surface area contributed by atoms with Crippen molar-refractivity contribution in [3.63, 3.8) is 0 Å². The lowest BCUT2D eigenvalue weighted by molar-refractivity contribution is -0.149. The molecule has 0 atom stereocenters. The zero-order chi connectivity index (χ0) is 15.5. The number of ether oxygens (including phenoxy) is 1. The van der Waals surface area contributed by atoms with E-state index in [4.69, 9.17) is 0 Å². The van der Waals surface area contributed by atoms with E-state index in [1.54, 1.807) is 0 Å². The first kappa shape index (κ1) is 16.0. The van der Waals surface area contributed by atoms with Crippen LogP contribution in [-0.4, -0.2) is 24.0 Å². The Morgan fingerprint density at radius 1 is 1.25 bits per heavy atom. The van der Waals surface area contributed by atoms with Gasteiger partial charge in [0.1, 0.15) is 5.76 Å². The average Bonchev–Trinajstić information content (AvgIpc) is 2.36. The van der Waals surface area contributed by atoms with Crippen molar-refractivity contribution in [1.82, 2.24) is 0 Å². The number of ketones is 1. The highest BCUT2D eigenvalue weighted by atomic mass is 16.5. The third-order valence-electron chi connectivity index (χ3n) is 3.03. The largest absolute Gasteiger partial charge is 0.507 e. The molecule has 0 aliphatic heterocycles. The Bertz CT molecular complexity index is 562. The fourth-order valence-electron chi connectivity index (χ4n) is 1.73. The zero-order valence-corrected chi connectivity index (χ0v) is 12.5. The first-order valence-electron chi connectivity index (χ1n) is 6.31. The van der Waals surface area contributed by atoms with Crippen LogP contribution in [0.4, 0.5) is 0 Å². The number of aryl methyl sites for hydroxylation is 1. The number of aliphatic hydroxyl groups is 1. The summed E-state index contributed by atoms with van der Waals surface area (Å²) >= 11 is 0. The fraction of sp³-hybridized carbons (Fsp3) is 0.375. The molecule has 0 saturated heterocycles. The number of hydrogen-bond acceptors (Lipinski definition) is 4. The molecular formula is C16H20O4. The SMILES string of the molecule is COC(=O)C(=O)/C=C(\O)c1cc(C(C)(C)C)ccc1C. The predicted molar refractivity (Wildman–Crippen MR) is 77.5 cm³/mol. The van der Waals surface area contributed by atoms with Crippen molar-refractivity contribution in [2.75, 3.05) is 7.11 Å². The molecule has 1 aromatic rings. The number of carbonyl (C=O) groups excluding carboxylic acids is 2. The van der Waals surface area contributed by atoms with Crippen LogP contribution in [-0.2, 0) is 19.7 Å². The van der Waals surface area contributed by atoms with Crippen LogP contribution in [0, 0.1) is 6.92 Å². The molecule has 0 radical (unpaired) electrons. The quantitative estimate of drug-likeness (QED) is 0.399. The van der Waals surface area contributed by atoms with Gasteiger partial charge in [0.15, 0.2) is 0 Å². The van der Waals surface area contributed by atoms with Gasteiger partial charge >= 0.3 is 5.97 Å². The van der Waals surface area contributed by atoms with Crippen LogP contribution in [0.2, 0.25) is 0 Å². The molecule has 0 unspecified atom stereocenters. The van der Waals surface area contributed by atoms with Crippen LogP contribution in [0.15, 0.2) is 24.3 Å². The maximum atomic E-state index is 11.4. The van der Waals surface area contributed by atoms with E-state index < -0.39 is 11.8 Å². The molecule has 0 heterocycles. The summed E-state index contributed by atoms with van der Waals surface area (Å²) in [6.07, 6.45) is 0.889. The van der Waals surface area contributed by atoms with E-state index in [1.165, 1.54) is 0 Å². The van der Waals surface area contributed by atoms with Gasteiger partial charge in [-0.3, -0.25) is 4.79 Å². The normalized spacial score (nSPS) is 12.2. The van der Waals surface area contributed by atoms with Crippen molar-refractivity contribution in [1.29, 1.82) is 0 Å². The van der Waals surface area contributed by atoms with Crippen LogP contribution < -0.4 is 0 Å². The van der Waals surface area contributed by atoms with Gasteiger partial charge in [-0.05, 0) is 29.5 Å². The van der Waals surface area contributed by atoms with Gasteiger partial charge in [0.05, 0.1) is 7.11 Å². The smallest absolute Gasteiger partial charge is 0.378 e. The Morgan fingerprint density at radius 3 is 2.35 bits per heavy atom. The number of rotatable bonds is 3. The van der Waals surface area contributed by atoms with Crippen molar-refractivity contribution in [2.24, 2.45) is 0 Å². The Morgan fingerprint density at radius 2 is 1.85 bits per heavy atom. The van der Waals surface area contributed by atoms with Gasteiger partial charge in [0.25, 0.3) is 5.78 Å². The molecule has 0 fully saturated rings. The molecule has 0 aromatic heterocycles. The minimum Gasteiger partial charge on any atom is -0.507 e. The number of aliphatic hydroxyl groups excluding tert-OH is 1. The van der Waals surface area contributed by atoms with Gasteiger partial charge in [-0.2, -0.15) is 0 Å². The van der Waals surface area contributed by atoms with Crippen LogP contribution in [0.5, 0.6) is 0 Å². The summed E-state index contributed by atoms with van der Waals surface area (Å²) in [4.78, 5) is 22.5. The van der Waals surface area contributed by atoms with E-state index in [0.29, 0.717) is 5.56 Å². The Kier molecular flexibility index (Phi) is 4.71.